The Morgan fingerprint density at radius 2 is 1.41 bits per heavy atom. The van der Waals surface area contributed by atoms with Crippen LogP contribution in [0.5, 0.6) is 0 Å². The Hall–Kier alpha value is -2.93. The van der Waals surface area contributed by atoms with Gasteiger partial charge in [-0.25, -0.2) is 0 Å². The smallest absolute Gasteiger partial charge is 0.0991 e. The van der Waals surface area contributed by atoms with Gasteiger partial charge < -0.3 is 5.32 Å². The Balaban J connectivity index is 1.24. The van der Waals surface area contributed by atoms with Crippen molar-refractivity contribution in [2.75, 3.05) is 13.1 Å². The number of hydrogen-bond donors (Lipinski definition) is 1. The Morgan fingerprint density at radius 3 is 2.03 bits per heavy atom. The minimum Gasteiger partial charge on any atom is -0.310 e. The zero-order valence-electron chi connectivity index (χ0n) is 16.7. The Bertz CT molecular complexity index is 932. The van der Waals surface area contributed by atoms with Crippen molar-refractivity contribution in [2.45, 2.75) is 32.0 Å². The first-order valence-corrected chi connectivity index (χ1v) is 10.4. The summed E-state index contributed by atoms with van der Waals surface area (Å²) < 4.78 is 0. The first kappa shape index (κ1) is 19.4. The Morgan fingerprint density at radius 1 is 0.793 bits per heavy atom. The lowest BCUT2D eigenvalue weighted by Gasteiger charge is -2.32. The van der Waals surface area contributed by atoms with Crippen molar-refractivity contribution in [3.05, 3.63) is 95.6 Å². The van der Waals surface area contributed by atoms with Crippen molar-refractivity contribution < 1.29 is 0 Å². The van der Waals surface area contributed by atoms with Crippen LogP contribution < -0.4 is 5.32 Å². The van der Waals surface area contributed by atoms with Crippen LogP contribution in [0.1, 0.15) is 29.5 Å². The predicted octanol–water partition coefficient (Wildman–Crippen LogP) is 4.98. The number of nitrogens with one attached hydrogen (secondary N) is 1. The highest BCUT2D eigenvalue weighted by atomic mass is 15.1. The van der Waals surface area contributed by atoms with E-state index in [1.165, 1.54) is 29.5 Å². The second-order valence-electron chi connectivity index (χ2n) is 7.80. The molecule has 0 atom stereocenters. The molecule has 3 nitrogen and oxygen atoms in total. The van der Waals surface area contributed by atoms with Gasteiger partial charge in [-0.3, -0.25) is 4.90 Å². The van der Waals surface area contributed by atoms with E-state index < -0.39 is 0 Å². The van der Waals surface area contributed by atoms with E-state index in [9.17, 15) is 0 Å². The first-order chi connectivity index (χ1) is 14.3. The number of benzene rings is 3. The molecule has 0 saturated carbocycles. The maximum absolute atomic E-state index is 8.92. The average Bonchev–Trinajstić information content (AvgIpc) is 2.80. The number of likely N-dealkylation sites (tertiary alicyclic amines) is 1. The van der Waals surface area contributed by atoms with Gasteiger partial charge in [0, 0.05) is 19.1 Å². The summed E-state index contributed by atoms with van der Waals surface area (Å²) in [5.74, 6) is 0. The molecule has 3 aromatic rings. The molecular formula is C26H27N3. The minimum absolute atomic E-state index is 0.597. The van der Waals surface area contributed by atoms with Crippen LogP contribution in [0.3, 0.4) is 0 Å². The van der Waals surface area contributed by atoms with Crippen molar-refractivity contribution in [1.82, 2.24) is 10.2 Å². The van der Waals surface area contributed by atoms with Gasteiger partial charge in [-0.2, -0.15) is 5.26 Å². The normalized spacial score (nSPS) is 15.1. The van der Waals surface area contributed by atoms with E-state index in [0.717, 1.165) is 31.7 Å². The highest BCUT2D eigenvalue weighted by Gasteiger charge is 2.18. The molecule has 0 amide bonds. The van der Waals surface area contributed by atoms with Crippen molar-refractivity contribution in [3.8, 4) is 17.2 Å². The third-order valence-electron chi connectivity index (χ3n) is 5.73. The number of nitriles is 1. The highest BCUT2D eigenvalue weighted by molar-refractivity contribution is 5.64. The van der Waals surface area contributed by atoms with Gasteiger partial charge in [0.2, 0.25) is 0 Å². The number of hydrogen-bond acceptors (Lipinski definition) is 3. The van der Waals surface area contributed by atoms with Gasteiger partial charge in [-0.05, 0) is 60.3 Å². The molecule has 1 aliphatic heterocycles. The summed E-state index contributed by atoms with van der Waals surface area (Å²) in [7, 11) is 0. The topological polar surface area (TPSA) is 39.1 Å². The summed E-state index contributed by atoms with van der Waals surface area (Å²) in [5, 5.41) is 12.7. The van der Waals surface area contributed by atoms with E-state index >= 15 is 0 Å². The van der Waals surface area contributed by atoms with Gasteiger partial charge in [0.25, 0.3) is 0 Å². The van der Waals surface area contributed by atoms with Crippen LogP contribution in [0.25, 0.3) is 11.1 Å². The first-order valence-electron chi connectivity index (χ1n) is 10.4. The van der Waals surface area contributed by atoms with Gasteiger partial charge in [-0.15, -0.1) is 0 Å². The maximum Gasteiger partial charge on any atom is 0.0991 e. The third-order valence-corrected chi connectivity index (χ3v) is 5.73. The molecule has 0 radical (unpaired) electrons. The summed E-state index contributed by atoms with van der Waals surface area (Å²) in [5.41, 5.74) is 5.75. The van der Waals surface area contributed by atoms with E-state index in [2.05, 4.69) is 70.9 Å². The molecule has 3 heteroatoms. The van der Waals surface area contributed by atoms with Gasteiger partial charge in [-0.1, -0.05) is 66.7 Å². The van der Waals surface area contributed by atoms with E-state index in [1.807, 2.05) is 24.3 Å². The summed E-state index contributed by atoms with van der Waals surface area (Å²) in [6.45, 7) is 4.29. The van der Waals surface area contributed by atoms with E-state index in [0.29, 0.717) is 11.6 Å². The Labute approximate surface area is 173 Å². The van der Waals surface area contributed by atoms with Crippen LogP contribution in [-0.2, 0) is 13.1 Å². The molecule has 29 heavy (non-hydrogen) atoms. The predicted molar refractivity (Wildman–Crippen MR) is 118 cm³/mol. The van der Waals surface area contributed by atoms with Gasteiger partial charge in [0.05, 0.1) is 11.6 Å². The largest absolute Gasteiger partial charge is 0.310 e. The summed E-state index contributed by atoms with van der Waals surface area (Å²) >= 11 is 0. The van der Waals surface area contributed by atoms with Gasteiger partial charge >= 0.3 is 0 Å². The molecule has 1 saturated heterocycles. The average molecular weight is 382 g/mol. The third kappa shape index (κ3) is 5.32. The van der Waals surface area contributed by atoms with Crippen molar-refractivity contribution in [3.63, 3.8) is 0 Å². The molecule has 4 rings (SSSR count). The van der Waals surface area contributed by atoms with Crippen LogP contribution >= 0.6 is 0 Å². The van der Waals surface area contributed by atoms with Crippen LogP contribution in [0.2, 0.25) is 0 Å². The van der Waals surface area contributed by atoms with Crippen LogP contribution in [0.15, 0.2) is 78.9 Å². The zero-order chi connectivity index (χ0) is 19.9. The van der Waals surface area contributed by atoms with Crippen LogP contribution in [0.4, 0.5) is 0 Å². The van der Waals surface area contributed by atoms with E-state index in [1.54, 1.807) is 0 Å². The molecule has 0 bridgehead atoms. The van der Waals surface area contributed by atoms with E-state index in [4.69, 9.17) is 5.26 Å². The van der Waals surface area contributed by atoms with Gasteiger partial charge in [0.15, 0.2) is 0 Å². The number of rotatable bonds is 6. The number of nitrogens with zero attached hydrogens (tertiary/aromatic N) is 2. The van der Waals surface area contributed by atoms with Crippen molar-refractivity contribution in [2.24, 2.45) is 0 Å². The fourth-order valence-corrected chi connectivity index (χ4v) is 3.95. The molecule has 3 aromatic carbocycles. The second-order valence-corrected chi connectivity index (χ2v) is 7.80. The monoisotopic (exact) mass is 381 g/mol. The van der Waals surface area contributed by atoms with Crippen LogP contribution in [-0.4, -0.2) is 24.0 Å². The Kier molecular flexibility index (Phi) is 6.36. The molecule has 1 N–H and O–H groups in total. The van der Waals surface area contributed by atoms with Gasteiger partial charge in [0.1, 0.15) is 0 Å². The lowest BCUT2D eigenvalue weighted by molar-refractivity contribution is 0.190. The lowest BCUT2D eigenvalue weighted by Crippen LogP contribution is -2.41. The standard InChI is InChI=1S/C26H27N3/c27-18-21-6-10-24(11-7-21)25-12-8-22(9-13-25)19-28-26-14-16-29(17-15-26)20-23-4-2-1-3-5-23/h1-13,26,28H,14-17,19-20H2. The molecule has 1 fully saturated rings. The molecule has 0 aliphatic carbocycles. The summed E-state index contributed by atoms with van der Waals surface area (Å²) in [6, 6.07) is 30.0. The molecule has 1 aliphatic rings. The lowest BCUT2D eigenvalue weighted by atomic mass is 10.0. The zero-order valence-corrected chi connectivity index (χ0v) is 16.7. The molecule has 0 aromatic heterocycles. The van der Waals surface area contributed by atoms with E-state index in [-0.39, 0.29) is 0 Å². The van der Waals surface area contributed by atoms with Crippen molar-refractivity contribution >= 4 is 0 Å². The number of piperidine rings is 1. The molecule has 146 valence electrons. The molecule has 0 spiro atoms. The fourth-order valence-electron chi connectivity index (χ4n) is 3.95. The highest BCUT2D eigenvalue weighted by Crippen LogP contribution is 2.21. The summed E-state index contributed by atoms with van der Waals surface area (Å²) in [6.07, 6.45) is 2.41. The quantitative estimate of drug-likeness (QED) is 0.654. The minimum atomic E-state index is 0.597. The van der Waals surface area contributed by atoms with Crippen LogP contribution in [0, 0.1) is 11.3 Å². The molecule has 1 heterocycles. The van der Waals surface area contributed by atoms with Crippen molar-refractivity contribution in [1.29, 1.82) is 5.26 Å². The fraction of sp³-hybridized carbons (Fsp3) is 0.269. The SMILES string of the molecule is N#Cc1ccc(-c2ccc(CNC3CCN(Cc4ccccc4)CC3)cc2)cc1. The second kappa shape index (κ2) is 9.52. The molecule has 0 unspecified atom stereocenters. The maximum atomic E-state index is 8.92. The summed E-state index contributed by atoms with van der Waals surface area (Å²) in [4.78, 5) is 2.56. The molecular weight excluding hydrogens is 354 g/mol.